The van der Waals surface area contributed by atoms with E-state index in [4.69, 9.17) is 23.2 Å². The van der Waals surface area contributed by atoms with Crippen LogP contribution in [0.4, 0.5) is 0 Å². The van der Waals surface area contributed by atoms with Crippen LogP contribution in [0.1, 0.15) is 37.7 Å². The normalized spacial score (nSPS) is 12.6. The van der Waals surface area contributed by atoms with Gasteiger partial charge in [-0.05, 0) is 24.8 Å². The van der Waals surface area contributed by atoms with Gasteiger partial charge >= 0.3 is 0 Å². The molecule has 0 heterocycles. The summed E-state index contributed by atoms with van der Waals surface area (Å²) in [5.74, 6) is 0.786. The average Bonchev–Trinajstić information content (AvgIpc) is 2.30. The van der Waals surface area contributed by atoms with E-state index in [1.807, 2.05) is 6.07 Å². The fraction of sp³-hybridized carbons (Fsp3) is 0.571. The zero-order chi connectivity index (χ0) is 11.6. The Hall–Kier alpha value is -0.200. The van der Waals surface area contributed by atoms with Gasteiger partial charge in [0.05, 0.1) is 0 Å². The average molecular weight is 259 g/mol. The lowest BCUT2D eigenvalue weighted by Crippen LogP contribution is -2.03. The minimum atomic E-state index is 0.276. The first-order valence-electron chi connectivity index (χ1n) is 6.07. The number of hydrogen-bond donors (Lipinski definition) is 0. The van der Waals surface area contributed by atoms with Crippen LogP contribution in [0.25, 0.3) is 0 Å². The van der Waals surface area contributed by atoms with Gasteiger partial charge in [0.25, 0.3) is 0 Å². The zero-order valence-corrected chi connectivity index (χ0v) is 11.2. The molecule has 0 bridgehead atoms. The van der Waals surface area contributed by atoms with Crippen molar-refractivity contribution >= 4 is 23.2 Å². The summed E-state index contributed by atoms with van der Waals surface area (Å²) in [6.07, 6.45) is 6.94. The van der Waals surface area contributed by atoms with Crippen LogP contribution in [0.15, 0.2) is 30.3 Å². The third-order valence-corrected chi connectivity index (χ3v) is 3.34. The van der Waals surface area contributed by atoms with E-state index in [9.17, 15) is 0 Å². The SMILES string of the molecule is ClCCCCCCC(Cl)Cc1ccccc1. The second kappa shape index (κ2) is 8.90. The van der Waals surface area contributed by atoms with Crippen LogP contribution in [-0.2, 0) is 6.42 Å². The van der Waals surface area contributed by atoms with Crippen molar-refractivity contribution in [3.63, 3.8) is 0 Å². The monoisotopic (exact) mass is 258 g/mol. The second-order valence-corrected chi connectivity index (χ2v) is 5.17. The Labute approximate surface area is 109 Å². The molecule has 1 aromatic rings. The highest BCUT2D eigenvalue weighted by atomic mass is 35.5. The first-order valence-corrected chi connectivity index (χ1v) is 7.04. The Balaban J connectivity index is 2.09. The van der Waals surface area contributed by atoms with Gasteiger partial charge in [-0.1, -0.05) is 49.6 Å². The van der Waals surface area contributed by atoms with Crippen LogP contribution >= 0.6 is 23.2 Å². The number of benzene rings is 1. The number of hydrogen-bond acceptors (Lipinski definition) is 0. The smallest absolute Gasteiger partial charge is 0.0376 e. The van der Waals surface area contributed by atoms with Crippen molar-refractivity contribution in [1.82, 2.24) is 0 Å². The fourth-order valence-electron chi connectivity index (χ4n) is 1.79. The van der Waals surface area contributed by atoms with Gasteiger partial charge < -0.3 is 0 Å². The molecule has 2 heteroatoms. The Morgan fingerprint density at radius 3 is 2.31 bits per heavy atom. The molecule has 90 valence electrons. The van der Waals surface area contributed by atoms with Gasteiger partial charge in [0.2, 0.25) is 0 Å². The molecule has 1 rings (SSSR count). The molecular weight excluding hydrogens is 239 g/mol. The van der Waals surface area contributed by atoms with Crippen LogP contribution in [0.5, 0.6) is 0 Å². The quantitative estimate of drug-likeness (QED) is 0.454. The molecule has 0 aliphatic carbocycles. The van der Waals surface area contributed by atoms with E-state index in [-0.39, 0.29) is 5.38 Å². The molecule has 0 aliphatic rings. The standard InChI is InChI=1S/C14H20Cl2/c15-11-7-2-1-6-10-14(16)12-13-8-4-3-5-9-13/h3-5,8-9,14H,1-2,6-7,10-12H2. The zero-order valence-electron chi connectivity index (χ0n) is 9.67. The highest BCUT2D eigenvalue weighted by molar-refractivity contribution is 6.20. The topological polar surface area (TPSA) is 0 Å². The molecule has 0 saturated heterocycles. The van der Waals surface area contributed by atoms with Crippen molar-refractivity contribution in [2.45, 2.75) is 43.9 Å². The van der Waals surface area contributed by atoms with Gasteiger partial charge in [0.15, 0.2) is 0 Å². The van der Waals surface area contributed by atoms with E-state index in [1.54, 1.807) is 0 Å². The summed E-state index contributed by atoms with van der Waals surface area (Å²) in [5.41, 5.74) is 1.34. The van der Waals surface area contributed by atoms with Crippen molar-refractivity contribution in [2.75, 3.05) is 5.88 Å². The molecule has 0 N–H and O–H groups in total. The molecular formula is C14H20Cl2. The maximum atomic E-state index is 6.30. The van der Waals surface area contributed by atoms with E-state index in [1.165, 1.54) is 24.8 Å². The maximum absolute atomic E-state index is 6.30. The van der Waals surface area contributed by atoms with Crippen LogP contribution in [0, 0.1) is 0 Å². The first kappa shape index (κ1) is 13.9. The summed E-state index contributed by atoms with van der Waals surface area (Å²) < 4.78 is 0. The molecule has 16 heavy (non-hydrogen) atoms. The fourth-order valence-corrected chi connectivity index (χ4v) is 2.31. The molecule has 1 atom stereocenters. The first-order chi connectivity index (χ1) is 7.83. The van der Waals surface area contributed by atoms with Crippen LogP contribution in [0.3, 0.4) is 0 Å². The Morgan fingerprint density at radius 2 is 1.62 bits per heavy atom. The molecule has 0 fully saturated rings. The third-order valence-electron chi connectivity index (χ3n) is 2.70. The van der Waals surface area contributed by atoms with E-state index >= 15 is 0 Å². The molecule has 0 aliphatic heterocycles. The van der Waals surface area contributed by atoms with Crippen molar-refractivity contribution < 1.29 is 0 Å². The van der Waals surface area contributed by atoms with Crippen molar-refractivity contribution in [1.29, 1.82) is 0 Å². The van der Waals surface area contributed by atoms with Crippen molar-refractivity contribution in [2.24, 2.45) is 0 Å². The van der Waals surface area contributed by atoms with Crippen LogP contribution in [-0.4, -0.2) is 11.3 Å². The third kappa shape index (κ3) is 6.40. The van der Waals surface area contributed by atoms with Gasteiger partial charge in [0.1, 0.15) is 0 Å². The summed E-state index contributed by atoms with van der Waals surface area (Å²) >= 11 is 11.9. The van der Waals surface area contributed by atoms with Crippen molar-refractivity contribution in [3.05, 3.63) is 35.9 Å². The number of unbranched alkanes of at least 4 members (excludes halogenated alkanes) is 3. The molecule has 0 amide bonds. The lowest BCUT2D eigenvalue weighted by molar-refractivity contribution is 0.613. The molecule has 1 unspecified atom stereocenters. The lowest BCUT2D eigenvalue weighted by Gasteiger charge is -2.09. The number of alkyl halides is 2. The highest BCUT2D eigenvalue weighted by Gasteiger charge is 2.05. The molecule has 0 radical (unpaired) electrons. The molecule has 1 aromatic carbocycles. The summed E-state index contributed by atoms with van der Waals surface area (Å²) in [5, 5.41) is 0.276. The number of halogens is 2. The Morgan fingerprint density at radius 1 is 0.938 bits per heavy atom. The summed E-state index contributed by atoms with van der Waals surface area (Å²) in [4.78, 5) is 0. The Bertz CT molecular complexity index is 259. The van der Waals surface area contributed by atoms with Crippen LogP contribution in [0.2, 0.25) is 0 Å². The summed E-state index contributed by atoms with van der Waals surface area (Å²) in [7, 11) is 0. The van der Waals surface area contributed by atoms with E-state index in [0.717, 1.165) is 25.1 Å². The Kier molecular flexibility index (Phi) is 7.71. The summed E-state index contributed by atoms with van der Waals surface area (Å²) in [6, 6.07) is 10.5. The minimum absolute atomic E-state index is 0.276. The highest BCUT2D eigenvalue weighted by Crippen LogP contribution is 2.15. The van der Waals surface area contributed by atoms with Gasteiger partial charge in [0, 0.05) is 11.3 Å². The summed E-state index contributed by atoms with van der Waals surface area (Å²) in [6.45, 7) is 0. The largest absolute Gasteiger partial charge is 0.127 e. The van der Waals surface area contributed by atoms with E-state index in [2.05, 4.69) is 24.3 Å². The van der Waals surface area contributed by atoms with E-state index < -0.39 is 0 Å². The van der Waals surface area contributed by atoms with Crippen molar-refractivity contribution in [3.8, 4) is 0 Å². The second-order valence-electron chi connectivity index (χ2n) is 4.18. The van der Waals surface area contributed by atoms with Crippen LogP contribution < -0.4 is 0 Å². The molecule has 0 spiro atoms. The number of rotatable bonds is 8. The molecule has 0 aromatic heterocycles. The lowest BCUT2D eigenvalue weighted by atomic mass is 10.0. The van der Waals surface area contributed by atoms with Gasteiger partial charge in [-0.25, -0.2) is 0 Å². The predicted molar refractivity (Wildman–Crippen MR) is 73.6 cm³/mol. The minimum Gasteiger partial charge on any atom is -0.127 e. The molecule has 0 nitrogen and oxygen atoms in total. The van der Waals surface area contributed by atoms with E-state index in [0.29, 0.717) is 0 Å². The molecule has 0 saturated carbocycles. The van der Waals surface area contributed by atoms with Gasteiger partial charge in [-0.3, -0.25) is 0 Å². The van der Waals surface area contributed by atoms with Gasteiger partial charge in [-0.15, -0.1) is 23.2 Å². The maximum Gasteiger partial charge on any atom is 0.0376 e. The van der Waals surface area contributed by atoms with Gasteiger partial charge in [-0.2, -0.15) is 0 Å². The predicted octanol–water partition coefficient (Wildman–Crippen LogP) is 5.03.